The molecule has 0 aliphatic heterocycles. The fraction of sp³-hybridized carbons (Fsp3) is 0.467. The van der Waals surface area contributed by atoms with Crippen LogP contribution in [0.4, 0.5) is 0 Å². The maximum absolute atomic E-state index is 11.6. The number of rotatable bonds is 9. The number of methoxy groups -OCH3 is 1. The molecule has 1 rings (SSSR count). The van der Waals surface area contributed by atoms with Crippen molar-refractivity contribution in [1.82, 2.24) is 5.32 Å². The average Bonchev–Trinajstić information content (AvgIpc) is 2.49. The molecule has 0 spiro atoms. The minimum atomic E-state index is -0.897. The van der Waals surface area contributed by atoms with Gasteiger partial charge in [0.2, 0.25) is 0 Å². The first kappa shape index (κ1) is 16.8. The maximum Gasteiger partial charge on any atom is 0.308 e. The summed E-state index contributed by atoms with van der Waals surface area (Å²) in [5, 5.41) is 11.6. The van der Waals surface area contributed by atoms with Crippen molar-refractivity contribution in [2.45, 2.75) is 19.8 Å². The number of amides is 1. The molecule has 0 bridgehead atoms. The Morgan fingerprint density at radius 2 is 2.05 bits per heavy atom. The van der Waals surface area contributed by atoms with E-state index in [1.165, 1.54) is 0 Å². The van der Waals surface area contributed by atoms with Gasteiger partial charge in [-0.15, -0.1) is 0 Å². The lowest BCUT2D eigenvalue weighted by molar-refractivity contribution is -0.142. The summed E-state index contributed by atoms with van der Waals surface area (Å²) in [6.07, 6.45) is 1.29. The van der Waals surface area contributed by atoms with Crippen LogP contribution in [-0.2, 0) is 9.59 Å². The molecule has 116 valence electrons. The van der Waals surface area contributed by atoms with Crippen LogP contribution >= 0.6 is 0 Å². The zero-order valence-corrected chi connectivity index (χ0v) is 12.3. The van der Waals surface area contributed by atoms with Gasteiger partial charge in [-0.05, 0) is 18.6 Å². The van der Waals surface area contributed by atoms with Gasteiger partial charge >= 0.3 is 5.97 Å². The van der Waals surface area contributed by atoms with Crippen LogP contribution in [0.5, 0.6) is 11.5 Å². The number of carboxylic acids is 1. The summed E-state index contributed by atoms with van der Waals surface area (Å²) in [5.41, 5.74) is 0. The molecular formula is C15H21NO5. The second-order valence-corrected chi connectivity index (χ2v) is 4.60. The Balaban J connectivity index is 2.38. The Morgan fingerprint density at radius 3 is 2.67 bits per heavy atom. The molecule has 0 aliphatic carbocycles. The molecule has 6 heteroatoms. The average molecular weight is 295 g/mol. The highest BCUT2D eigenvalue weighted by atomic mass is 16.5. The normalized spacial score (nSPS) is 11.5. The Hall–Kier alpha value is -2.24. The van der Waals surface area contributed by atoms with Crippen molar-refractivity contribution in [2.24, 2.45) is 5.92 Å². The van der Waals surface area contributed by atoms with E-state index < -0.39 is 11.9 Å². The van der Waals surface area contributed by atoms with Crippen LogP contribution < -0.4 is 14.8 Å². The first-order chi connectivity index (χ1) is 10.1. The van der Waals surface area contributed by atoms with Gasteiger partial charge in [0.1, 0.15) is 11.5 Å². The first-order valence-corrected chi connectivity index (χ1v) is 6.83. The van der Waals surface area contributed by atoms with E-state index in [0.29, 0.717) is 17.9 Å². The van der Waals surface area contributed by atoms with Crippen LogP contribution in [0.1, 0.15) is 19.8 Å². The van der Waals surface area contributed by atoms with E-state index in [9.17, 15) is 9.59 Å². The fourth-order valence-electron chi connectivity index (χ4n) is 1.79. The number of carbonyl (C=O) groups excluding carboxylic acids is 1. The third kappa shape index (κ3) is 6.16. The minimum absolute atomic E-state index is 0.115. The van der Waals surface area contributed by atoms with Gasteiger partial charge in [0, 0.05) is 12.6 Å². The van der Waals surface area contributed by atoms with Crippen molar-refractivity contribution in [1.29, 1.82) is 0 Å². The van der Waals surface area contributed by atoms with Crippen LogP contribution in [0.25, 0.3) is 0 Å². The molecule has 1 atom stereocenters. The zero-order chi connectivity index (χ0) is 15.7. The number of carboxylic acid groups (broad SMARTS) is 1. The number of aliphatic carboxylic acids is 1. The van der Waals surface area contributed by atoms with E-state index in [0.717, 1.165) is 6.42 Å². The van der Waals surface area contributed by atoms with E-state index in [-0.39, 0.29) is 19.1 Å². The first-order valence-electron chi connectivity index (χ1n) is 6.83. The Morgan fingerprint density at radius 1 is 1.33 bits per heavy atom. The minimum Gasteiger partial charge on any atom is -0.497 e. The molecule has 0 aliphatic rings. The summed E-state index contributed by atoms with van der Waals surface area (Å²) in [6.45, 7) is 1.86. The zero-order valence-electron chi connectivity index (χ0n) is 12.3. The van der Waals surface area contributed by atoms with Crippen molar-refractivity contribution >= 4 is 11.9 Å². The number of hydrogen-bond acceptors (Lipinski definition) is 4. The van der Waals surface area contributed by atoms with Crippen molar-refractivity contribution in [3.05, 3.63) is 24.3 Å². The van der Waals surface area contributed by atoms with E-state index in [1.54, 1.807) is 31.4 Å². The fourth-order valence-corrected chi connectivity index (χ4v) is 1.79. The van der Waals surface area contributed by atoms with E-state index in [2.05, 4.69) is 5.32 Å². The van der Waals surface area contributed by atoms with Gasteiger partial charge in [-0.1, -0.05) is 19.4 Å². The molecule has 0 aromatic heterocycles. The van der Waals surface area contributed by atoms with Gasteiger partial charge in [-0.25, -0.2) is 0 Å². The summed E-state index contributed by atoms with van der Waals surface area (Å²) >= 11 is 0. The molecule has 1 amide bonds. The van der Waals surface area contributed by atoms with Crippen LogP contribution in [-0.4, -0.2) is 37.2 Å². The van der Waals surface area contributed by atoms with Gasteiger partial charge in [-0.3, -0.25) is 9.59 Å². The van der Waals surface area contributed by atoms with Gasteiger partial charge in [0.25, 0.3) is 5.91 Å². The molecule has 0 saturated heterocycles. The largest absolute Gasteiger partial charge is 0.497 e. The summed E-state index contributed by atoms with van der Waals surface area (Å²) in [7, 11) is 1.55. The Kier molecular flexibility index (Phi) is 7.08. The summed E-state index contributed by atoms with van der Waals surface area (Å²) < 4.78 is 10.4. The molecule has 1 aromatic carbocycles. The quantitative estimate of drug-likeness (QED) is 0.724. The summed E-state index contributed by atoms with van der Waals surface area (Å²) in [5.74, 6) is -0.642. The second kappa shape index (κ2) is 8.84. The van der Waals surface area contributed by atoms with Gasteiger partial charge in [-0.2, -0.15) is 0 Å². The lowest BCUT2D eigenvalue weighted by Crippen LogP contribution is -2.35. The van der Waals surface area contributed by atoms with Crippen molar-refractivity contribution < 1.29 is 24.2 Å². The molecular weight excluding hydrogens is 274 g/mol. The highest BCUT2D eigenvalue weighted by Crippen LogP contribution is 2.18. The van der Waals surface area contributed by atoms with Gasteiger partial charge in [0.05, 0.1) is 13.0 Å². The smallest absolute Gasteiger partial charge is 0.308 e. The Bertz CT molecular complexity index is 475. The number of ether oxygens (including phenoxy) is 2. The number of nitrogens with one attached hydrogen (secondary N) is 1. The van der Waals surface area contributed by atoms with Crippen LogP contribution in [0, 0.1) is 5.92 Å². The number of carbonyl (C=O) groups is 2. The molecule has 0 heterocycles. The number of hydrogen-bond donors (Lipinski definition) is 2. The van der Waals surface area contributed by atoms with Crippen LogP contribution in [0.15, 0.2) is 24.3 Å². The Labute approximate surface area is 124 Å². The highest BCUT2D eigenvalue weighted by molar-refractivity contribution is 5.78. The predicted molar refractivity (Wildman–Crippen MR) is 77.5 cm³/mol. The molecule has 0 saturated carbocycles. The van der Waals surface area contributed by atoms with E-state index >= 15 is 0 Å². The third-order valence-corrected chi connectivity index (χ3v) is 2.94. The SMILES string of the molecule is CCCC(CNC(=O)COc1cccc(OC)c1)C(=O)O. The van der Waals surface area contributed by atoms with Gasteiger partial charge < -0.3 is 19.9 Å². The summed E-state index contributed by atoms with van der Waals surface area (Å²) in [6, 6.07) is 6.92. The monoisotopic (exact) mass is 295 g/mol. The van der Waals surface area contributed by atoms with Crippen molar-refractivity contribution in [3.8, 4) is 11.5 Å². The van der Waals surface area contributed by atoms with E-state index in [4.69, 9.17) is 14.6 Å². The molecule has 1 unspecified atom stereocenters. The summed E-state index contributed by atoms with van der Waals surface area (Å²) in [4.78, 5) is 22.6. The lowest BCUT2D eigenvalue weighted by atomic mass is 10.0. The molecule has 6 nitrogen and oxygen atoms in total. The van der Waals surface area contributed by atoms with Crippen LogP contribution in [0.3, 0.4) is 0 Å². The second-order valence-electron chi connectivity index (χ2n) is 4.60. The highest BCUT2D eigenvalue weighted by Gasteiger charge is 2.17. The lowest BCUT2D eigenvalue weighted by Gasteiger charge is -2.13. The standard InChI is InChI=1S/C15H21NO5/c1-3-5-11(15(18)19)9-16-14(17)10-21-13-7-4-6-12(8-13)20-2/h4,6-8,11H,3,5,9-10H2,1-2H3,(H,16,17)(H,18,19). The molecule has 0 fully saturated rings. The van der Waals surface area contributed by atoms with Crippen molar-refractivity contribution in [2.75, 3.05) is 20.3 Å². The predicted octanol–water partition coefficient (Wildman–Crippen LogP) is 1.69. The molecule has 21 heavy (non-hydrogen) atoms. The maximum atomic E-state index is 11.6. The molecule has 1 aromatic rings. The van der Waals surface area contributed by atoms with E-state index in [1.807, 2.05) is 6.92 Å². The molecule has 2 N–H and O–H groups in total. The third-order valence-electron chi connectivity index (χ3n) is 2.94. The number of benzene rings is 1. The van der Waals surface area contributed by atoms with Crippen molar-refractivity contribution in [3.63, 3.8) is 0 Å². The molecule has 0 radical (unpaired) electrons. The topological polar surface area (TPSA) is 84.9 Å². The van der Waals surface area contributed by atoms with Crippen LogP contribution in [0.2, 0.25) is 0 Å². The van der Waals surface area contributed by atoms with Gasteiger partial charge in [0.15, 0.2) is 6.61 Å².